The Hall–Kier alpha value is -3.66. The lowest BCUT2D eigenvalue weighted by molar-refractivity contribution is -0.0721. The van der Waals surface area contributed by atoms with Crippen molar-refractivity contribution in [2.75, 3.05) is 19.7 Å². The number of benzene rings is 2. The Morgan fingerprint density at radius 1 is 1.12 bits per heavy atom. The van der Waals surface area contributed by atoms with Crippen molar-refractivity contribution >= 4 is 28.6 Å². The molecule has 0 saturated carbocycles. The molecule has 2 saturated heterocycles. The first kappa shape index (κ1) is 27.2. The van der Waals surface area contributed by atoms with Gasteiger partial charge in [-0.25, -0.2) is 9.78 Å². The van der Waals surface area contributed by atoms with Gasteiger partial charge in [-0.1, -0.05) is 23.7 Å². The molecule has 2 aromatic carbocycles. The molecule has 0 bridgehead atoms. The number of ether oxygens (including phenoxy) is 3. The molecule has 0 radical (unpaired) electrons. The van der Waals surface area contributed by atoms with Gasteiger partial charge in [0.2, 0.25) is 0 Å². The number of halogens is 1. The maximum Gasteiger partial charge on any atom is 0.335 e. The van der Waals surface area contributed by atoms with Gasteiger partial charge in [0.15, 0.2) is 11.5 Å². The summed E-state index contributed by atoms with van der Waals surface area (Å²) in [6.45, 7) is 5.91. The third-order valence-electron chi connectivity index (χ3n) is 8.68. The number of carboxylic acids is 1. The van der Waals surface area contributed by atoms with E-state index in [4.69, 9.17) is 30.8 Å². The number of likely N-dealkylation sites (tertiary alicyclic amines) is 1. The van der Waals surface area contributed by atoms with E-state index in [1.165, 1.54) is 5.56 Å². The number of hydrogen-bond donors (Lipinski definition) is 1. The zero-order valence-electron chi connectivity index (χ0n) is 23.5. The Kier molecular flexibility index (Phi) is 7.04. The van der Waals surface area contributed by atoms with Crippen LogP contribution in [0.15, 0.2) is 54.7 Å². The minimum atomic E-state index is -1.01. The Labute approximate surface area is 249 Å². The molecule has 42 heavy (non-hydrogen) atoms. The predicted molar refractivity (Wildman–Crippen MR) is 157 cm³/mol. The lowest BCUT2D eigenvalue weighted by atomic mass is 9.91. The molecule has 10 heteroatoms. The first-order chi connectivity index (χ1) is 20.4. The number of aromatic carboxylic acids is 1. The van der Waals surface area contributed by atoms with E-state index in [-0.39, 0.29) is 11.7 Å². The summed E-state index contributed by atoms with van der Waals surface area (Å²) in [7, 11) is 0. The fourth-order valence-corrected chi connectivity index (χ4v) is 6.42. The zero-order chi connectivity index (χ0) is 28.8. The second-order valence-electron chi connectivity index (χ2n) is 11.5. The van der Waals surface area contributed by atoms with Crippen molar-refractivity contribution in [1.82, 2.24) is 19.4 Å². The molecule has 3 atom stereocenters. The van der Waals surface area contributed by atoms with E-state index >= 15 is 0 Å². The molecule has 7 rings (SSSR count). The molecule has 2 fully saturated rings. The van der Waals surface area contributed by atoms with Crippen molar-refractivity contribution in [3.05, 3.63) is 82.4 Å². The third kappa shape index (κ3) is 5.10. The third-order valence-corrected chi connectivity index (χ3v) is 8.91. The van der Waals surface area contributed by atoms with Crippen LogP contribution in [0.3, 0.4) is 0 Å². The van der Waals surface area contributed by atoms with Crippen LogP contribution >= 0.6 is 11.6 Å². The molecule has 0 spiro atoms. The van der Waals surface area contributed by atoms with Gasteiger partial charge < -0.3 is 23.9 Å². The van der Waals surface area contributed by atoms with Gasteiger partial charge in [-0.3, -0.25) is 9.88 Å². The molecule has 2 aromatic heterocycles. The highest BCUT2D eigenvalue weighted by Crippen LogP contribution is 2.49. The van der Waals surface area contributed by atoms with Crippen molar-refractivity contribution in [2.45, 2.75) is 63.5 Å². The summed E-state index contributed by atoms with van der Waals surface area (Å²) >= 11 is 6.06. The van der Waals surface area contributed by atoms with Gasteiger partial charge in [0, 0.05) is 25.3 Å². The molecule has 1 N–H and O–H groups in total. The molecular weight excluding hydrogens is 556 g/mol. The first-order valence-corrected chi connectivity index (χ1v) is 14.9. The fourth-order valence-electron chi connectivity index (χ4n) is 6.31. The summed E-state index contributed by atoms with van der Waals surface area (Å²) in [6.07, 6.45) is 5.81. The van der Waals surface area contributed by atoms with E-state index in [0.29, 0.717) is 29.7 Å². The predicted octanol–water partition coefficient (Wildman–Crippen LogP) is 5.99. The van der Waals surface area contributed by atoms with Crippen molar-refractivity contribution in [1.29, 1.82) is 0 Å². The van der Waals surface area contributed by atoms with Crippen LogP contribution in [0.25, 0.3) is 11.0 Å². The van der Waals surface area contributed by atoms with Crippen molar-refractivity contribution in [2.24, 2.45) is 0 Å². The molecule has 0 amide bonds. The first-order valence-electron chi connectivity index (χ1n) is 14.6. The highest BCUT2D eigenvalue weighted by Gasteiger charge is 2.42. The highest BCUT2D eigenvalue weighted by molar-refractivity contribution is 6.30. The molecule has 1 unspecified atom stereocenters. The molecule has 3 aliphatic rings. The van der Waals surface area contributed by atoms with E-state index < -0.39 is 11.8 Å². The maximum absolute atomic E-state index is 11.7. The summed E-state index contributed by atoms with van der Waals surface area (Å²) in [5, 5.41) is 10.1. The summed E-state index contributed by atoms with van der Waals surface area (Å²) < 4.78 is 20.7. The van der Waals surface area contributed by atoms with Gasteiger partial charge in [-0.15, -0.1) is 0 Å². The number of carbonyl (C=O) groups is 1. The summed E-state index contributed by atoms with van der Waals surface area (Å²) in [4.78, 5) is 23.5. The van der Waals surface area contributed by atoms with Crippen LogP contribution in [0.5, 0.6) is 11.5 Å². The molecule has 3 aliphatic heterocycles. The van der Waals surface area contributed by atoms with Crippen LogP contribution in [0, 0.1) is 0 Å². The topological polar surface area (TPSA) is 98.9 Å². The summed E-state index contributed by atoms with van der Waals surface area (Å²) in [5.41, 5.74) is 3.78. The Balaban J connectivity index is 1.09. The number of carboxylic acid groups (broad SMARTS) is 1. The minimum absolute atomic E-state index is 0.138. The second-order valence-corrected chi connectivity index (χ2v) is 12.0. The fraction of sp³-hybridized carbons (Fsp3) is 0.406. The van der Waals surface area contributed by atoms with Crippen molar-refractivity contribution in [3.63, 3.8) is 0 Å². The molecule has 5 heterocycles. The van der Waals surface area contributed by atoms with E-state index in [1.807, 2.05) is 31.2 Å². The molecule has 0 aliphatic carbocycles. The number of rotatable bonds is 7. The van der Waals surface area contributed by atoms with Gasteiger partial charge in [0.25, 0.3) is 5.79 Å². The molecule has 218 valence electrons. The smallest absolute Gasteiger partial charge is 0.335 e. The van der Waals surface area contributed by atoms with Crippen LogP contribution in [-0.2, 0) is 23.6 Å². The largest absolute Gasteiger partial charge is 0.478 e. The average Bonchev–Trinajstić information content (AvgIpc) is 3.38. The van der Waals surface area contributed by atoms with Gasteiger partial charge in [-0.2, -0.15) is 0 Å². The summed E-state index contributed by atoms with van der Waals surface area (Å²) in [5.74, 6) is 0.867. The number of pyridine rings is 1. The Morgan fingerprint density at radius 2 is 2.00 bits per heavy atom. The average molecular weight is 589 g/mol. The lowest BCUT2D eigenvalue weighted by Gasteiger charge is -2.28. The number of aromatic nitrogens is 3. The van der Waals surface area contributed by atoms with Gasteiger partial charge in [-0.05, 0) is 81.1 Å². The maximum atomic E-state index is 11.7. The number of imidazole rings is 1. The van der Waals surface area contributed by atoms with Crippen molar-refractivity contribution in [3.8, 4) is 11.5 Å². The Bertz CT molecular complexity index is 1640. The number of hydrogen-bond acceptors (Lipinski definition) is 7. The SMILES string of the molecule is C[C@]1(c2ccc(Cl)cn2)Oc2cccc(C3CCCN(Cc4nc5ccc(C(=O)O)cc5n4C[C@@H]4CCO4)CC3)c2O1. The monoisotopic (exact) mass is 588 g/mol. The van der Waals surface area contributed by atoms with E-state index in [0.717, 1.165) is 73.7 Å². The molecule has 4 aromatic rings. The normalized spacial score (nSPS) is 24.0. The van der Waals surface area contributed by atoms with Crippen LogP contribution < -0.4 is 9.47 Å². The van der Waals surface area contributed by atoms with Gasteiger partial charge in [0.1, 0.15) is 11.5 Å². The minimum Gasteiger partial charge on any atom is -0.478 e. The highest BCUT2D eigenvalue weighted by atomic mass is 35.5. The van der Waals surface area contributed by atoms with E-state index in [1.54, 1.807) is 24.4 Å². The van der Waals surface area contributed by atoms with Gasteiger partial charge in [0.05, 0.1) is 40.8 Å². The van der Waals surface area contributed by atoms with Crippen LogP contribution in [0.2, 0.25) is 5.02 Å². The molecular formula is C32H33ClN4O5. The lowest BCUT2D eigenvalue weighted by Crippen LogP contribution is -2.33. The summed E-state index contributed by atoms with van der Waals surface area (Å²) in [6, 6.07) is 14.9. The molecule has 9 nitrogen and oxygen atoms in total. The van der Waals surface area contributed by atoms with Crippen LogP contribution in [-0.4, -0.2) is 56.3 Å². The van der Waals surface area contributed by atoms with Gasteiger partial charge >= 0.3 is 5.97 Å². The van der Waals surface area contributed by atoms with Crippen molar-refractivity contribution < 1.29 is 24.1 Å². The Morgan fingerprint density at radius 3 is 2.76 bits per heavy atom. The van der Waals surface area contributed by atoms with E-state index in [9.17, 15) is 9.90 Å². The van der Waals surface area contributed by atoms with Crippen LogP contribution in [0.4, 0.5) is 0 Å². The quantitative estimate of drug-likeness (QED) is 0.281. The van der Waals surface area contributed by atoms with Crippen LogP contribution in [0.1, 0.15) is 66.0 Å². The van der Waals surface area contributed by atoms with E-state index in [2.05, 4.69) is 20.5 Å². The zero-order valence-corrected chi connectivity index (χ0v) is 24.2. The number of fused-ring (bicyclic) bond motifs is 2. The number of nitrogens with zero attached hydrogens (tertiary/aromatic N) is 4. The number of para-hydroxylation sites is 1. The standard InChI is InChI=1S/C32H33ClN4O5/c1-32(28-10-8-22(33)17-34-28)41-27-6-2-5-24(30(27)42-32)20-4-3-13-36(14-11-20)19-29-35-25-9-7-21(31(38)39)16-26(25)37(29)18-23-12-15-40-23/h2,5-10,16-17,20,23H,3-4,11-15,18-19H2,1H3,(H,38,39)/t20?,23-,32-/m0/s1. The second kappa shape index (κ2) is 10.9.